The van der Waals surface area contributed by atoms with E-state index in [4.69, 9.17) is 26.3 Å². The molecule has 0 aliphatic rings. The Balaban J connectivity index is 2.73. The number of hydrogen-bond donors (Lipinski definition) is 0. The number of rotatable bonds is 7. The maximum atomic E-state index is 11.0. The molecule has 0 fully saturated rings. The third-order valence-corrected chi connectivity index (χ3v) is 3.11. The van der Waals surface area contributed by atoms with Gasteiger partial charge in [0.2, 0.25) is 0 Å². The topological polar surface area (TPSA) is 59.3 Å². The molecule has 0 unspecified atom stereocenters. The average Bonchev–Trinajstić information content (AvgIpc) is 2.43. The zero-order valence-corrected chi connectivity index (χ0v) is 12.7. The highest BCUT2D eigenvalue weighted by atomic mass is 35.5. The van der Waals surface area contributed by atoms with Crippen molar-refractivity contribution in [1.82, 2.24) is 0 Å². The van der Waals surface area contributed by atoms with Gasteiger partial charge in [0.05, 0.1) is 30.8 Å². The summed E-state index contributed by atoms with van der Waals surface area (Å²) in [7, 11) is 1.49. The predicted octanol–water partition coefficient (Wildman–Crippen LogP) is 3.87. The summed E-state index contributed by atoms with van der Waals surface area (Å²) in [5.41, 5.74) is -0.0186. The number of halogens is 1. The first kappa shape index (κ1) is 16.3. The second kappa shape index (κ2) is 7.16. The van der Waals surface area contributed by atoms with Gasteiger partial charge in [0.1, 0.15) is 0 Å². The van der Waals surface area contributed by atoms with Gasteiger partial charge in [-0.3, -0.25) is 4.79 Å². The molecule has 108 valence electrons. The van der Waals surface area contributed by atoms with Gasteiger partial charge in [-0.25, -0.2) is 0 Å². The van der Waals surface area contributed by atoms with Crippen LogP contribution in [-0.2, 0) is 0 Å². The van der Waals surface area contributed by atoms with Crippen molar-refractivity contribution in [2.75, 3.05) is 13.7 Å². The Kier molecular flexibility index (Phi) is 5.84. The second-order valence-electron chi connectivity index (χ2n) is 5.09. The highest BCUT2D eigenvalue weighted by molar-refractivity contribution is 6.31. The molecule has 0 heterocycles. The van der Waals surface area contributed by atoms with Crippen LogP contribution < -0.4 is 9.47 Å². The quantitative estimate of drug-likeness (QED) is 0.566. The van der Waals surface area contributed by atoms with Crippen LogP contribution in [0.5, 0.6) is 11.5 Å². The van der Waals surface area contributed by atoms with Crippen LogP contribution in [0.4, 0.5) is 0 Å². The van der Waals surface area contributed by atoms with Crippen LogP contribution >= 0.6 is 11.6 Å². The molecule has 0 spiro atoms. The fourth-order valence-electron chi connectivity index (χ4n) is 1.73. The van der Waals surface area contributed by atoms with Crippen molar-refractivity contribution in [3.05, 3.63) is 22.7 Å². The fraction of sp³-hybridized carbons (Fsp3) is 0.467. The SMILES string of the molecule is COc1cc(Cl)cc(C=O)c1OCCCC(C)(C)C#N. The summed E-state index contributed by atoms with van der Waals surface area (Å²) in [6.45, 7) is 4.17. The maximum Gasteiger partial charge on any atom is 0.171 e. The summed E-state index contributed by atoms with van der Waals surface area (Å²) in [5, 5.41) is 9.35. The molecule has 20 heavy (non-hydrogen) atoms. The third kappa shape index (κ3) is 4.43. The molecular formula is C15H18ClNO3. The van der Waals surface area contributed by atoms with Gasteiger partial charge >= 0.3 is 0 Å². The summed E-state index contributed by atoms with van der Waals surface area (Å²) in [5.74, 6) is 0.820. The summed E-state index contributed by atoms with van der Waals surface area (Å²) >= 11 is 5.89. The number of methoxy groups -OCH3 is 1. The van der Waals surface area contributed by atoms with Crippen molar-refractivity contribution < 1.29 is 14.3 Å². The highest BCUT2D eigenvalue weighted by Gasteiger charge is 2.17. The number of carbonyl (C=O) groups is 1. The summed E-state index contributed by atoms with van der Waals surface area (Å²) in [6, 6.07) is 5.37. The first-order valence-corrected chi connectivity index (χ1v) is 6.68. The van der Waals surface area contributed by atoms with Crippen LogP contribution in [0.25, 0.3) is 0 Å². The molecule has 1 aromatic carbocycles. The van der Waals surface area contributed by atoms with E-state index in [1.807, 2.05) is 13.8 Å². The van der Waals surface area contributed by atoms with Gasteiger partial charge in [-0.05, 0) is 32.8 Å². The van der Waals surface area contributed by atoms with Gasteiger partial charge < -0.3 is 9.47 Å². The molecule has 4 nitrogen and oxygen atoms in total. The van der Waals surface area contributed by atoms with Gasteiger partial charge in [0, 0.05) is 11.1 Å². The van der Waals surface area contributed by atoms with Crippen molar-refractivity contribution in [3.8, 4) is 17.6 Å². The predicted molar refractivity (Wildman–Crippen MR) is 77.5 cm³/mol. The van der Waals surface area contributed by atoms with E-state index in [0.717, 1.165) is 6.42 Å². The number of ether oxygens (including phenoxy) is 2. The standard InChI is InChI=1S/C15H18ClNO3/c1-15(2,10-17)5-4-6-20-14-11(9-18)7-12(16)8-13(14)19-3/h7-9H,4-6H2,1-3H3. The Bertz CT molecular complexity index is 521. The Morgan fingerprint density at radius 2 is 2.15 bits per heavy atom. The van der Waals surface area contributed by atoms with Crippen molar-refractivity contribution >= 4 is 17.9 Å². The zero-order chi connectivity index (χ0) is 15.2. The van der Waals surface area contributed by atoms with E-state index >= 15 is 0 Å². The lowest BCUT2D eigenvalue weighted by atomic mass is 9.90. The fourth-order valence-corrected chi connectivity index (χ4v) is 1.94. The van der Waals surface area contributed by atoms with Crippen molar-refractivity contribution in [1.29, 1.82) is 5.26 Å². The number of aldehydes is 1. The molecule has 0 radical (unpaired) electrons. The minimum atomic E-state index is -0.374. The highest BCUT2D eigenvalue weighted by Crippen LogP contribution is 2.34. The molecule has 0 aromatic heterocycles. The molecule has 0 bridgehead atoms. The van der Waals surface area contributed by atoms with E-state index in [1.54, 1.807) is 6.07 Å². The minimum Gasteiger partial charge on any atom is -0.493 e. The van der Waals surface area contributed by atoms with E-state index < -0.39 is 0 Å². The Morgan fingerprint density at radius 1 is 1.45 bits per heavy atom. The molecular weight excluding hydrogens is 278 g/mol. The lowest BCUT2D eigenvalue weighted by molar-refractivity contribution is 0.111. The Labute approximate surface area is 124 Å². The summed E-state index contributed by atoms with van der Waals surface area (Å²) in [4.78, 5) is 11.0. The van der Waals surface area contributed by atoms with Crippen molar-refractivity contribution in [3.63, 3.8) is 0 Å². The number of benzene rings is 1. The molecule has 0 N–H and O–H groups in total. The van der Waals surface area contributed by atoms with Gasteiger partial charge in [0.25, 0.3) is 0 Å². The maximum absolute atomic E-state index is 11.0. The molecule has 0 amide bonds. The van der Waals surface area contributed by atoms with E-state index in [-0.39, 0.29) is 5.41 Å². The number of carbonyl (C=O) groups excluding carboxylic acids is 1. The molecule has 5 heteroatoms. The van der Waals surface area contributed by atoms with E-state index in [1.165, 1.54) is 13.2 Å². The van der Waals surface area contributed by atoms with Crippen molar-refractivity contribution in [2.45, 2.75) is 26.7 Å². The Morgan fingerprint density at radius 3 is 2.70 bits per heavy atom. The zero-order valence-electron chi connectivity index (χ0n) is 11.9. The van der Waals surface area contributed by atoms with Gasteiger partial charge in [-0.1, -0.05) is 11.6 Å². The number of nitriles is 1. The average molecular weight is 296 g/mol. The van der Waals surface area contributed by atoms with Crippen LogP contribution in [-0.4, -0.2) is 20.0 Å². The molecule has 0 aliphatic carbocycles. The van der Waals surface area contributed by atoms with Crippen molar-refractivity contribution in [2.24, 2.45) is 5.41 Å². The lowest BCUT2D eigenvalue weighted by Crippen LogP contribution is -2.10. The van der Waals surface area contributed by atoms with Gasteiger partial charge in [0.15, 0.2) is 17.8 Å². The Hall–Kier alpha value is -1.73. The van der Waals surface area contributed by atoms with E-state index in [9.17, 15) is 4.79 Å². The van der Waals surface area contributed by atoms with E-state index in [2.05, 4.69) is 6.07 Å². The molecule has 0 saturated heterocycles. The minimum absolute atomic E-state index is 0.355. The first-order chi connectivity index (χ1) is 9.43. The van der Waals surface area contributed by atoms with Gasteiger partial charge in [-0.15, -0.1) is 0 Å². The van der Waals surface area contributed by atoms with Crippen LogP contribution in [0.3, 0.4) is 0 Å². The molecule has 0 aliphatic heterocycles. The molecule has 0 atom stereocenters. The lowest BCUT2D eigenvalue weighted by Gasteiger charge is -2.16. The second-order valence-corrected chi connectivity index (χ2v) is 5.53. The third-order valence-electron chi connectivity index (χ3n) is 2.89. The number of hydrogen-bond acceptors (Lipinski definition) is 4. The first-order valence-electron chi connectivity index (χ1n) is 6.30. The molecule has 0 saturated carbocycles. The normalized spacial score (nSPS) is 10.8. The van der Waals surface area contributed by atoms with Crippen LogP contribution in [0, 0.1) is 16.7 Å². The largest absolute Gasteiger partial charge is 0.493 e. The molecule has 1 aromatic rings. The monoisotopic (exact) mass is 295 g/mol. The van der Waals surface area contributed by atoms with E-state index in [0.29, 0.717) is 41.4 Å². The van der Waals surface area contributed by atoms with Gasteiger partial charge in [-0.2, -0.15) is 5.26 Å². The summed E-state index contributed by atoms with van der Waals surface area (Å²) < 4.78 is 10.8. The summed E-state index contributed by atoms with van der Waals surface area (Å²) in [6.07, 6.45) is 2.11. The smallest absolute Gasteiger partial charge is 0.171 e. The van der Waals surface area contributed by atoms with Crippen LogP contribution in [0.1, 0.15) is 37.0 Å². The number of nitrogens with zero attached hydrogens (tertiary/aromatic N) is 1. The van der Waals surface area contributed by atoms with Crippen LogP contribution in [0.15, 0.2) is 12.1 Å². The van der Waals surface area contributed by atoms with Crippen LogP contribution in [0.2, 0.25) is 5.02 Å². The molecule has 1 rings (SSSR count).